The number of halogens is 2. The number of benzene rings is 1. The molecule has 0 atom stereocenters. The number of nitrogens with zero attached hydrogens (tertiary/aromatic N) is 4. The quantitative estimate of drug-likeness (QED) is 0.579. The van der Waals surface area contributed by atoms with Crippen molar-refractivity contribution in [3.63, 3.8) is 0 Å². The van der Waals surface area contributed by atoms with E-state index in [1.165, 1.54) is 0 Å². The van der Waals surface area contributed by atoms with Gasteiger partial charge in [-0.15, -0.1) is 0 Å². The first-order valence-electron chi connectivity index (χ1n) is 8.41. The lowest BCUT2D eigenvalue weighted by molar-refractivity contribution is 0.0945. The zero-order valence-corrected chi connectivity index (χ0v) is 16.2. The number of carbonyl (C=O) groups is 1. The van der Waals surface area contributed by atoms with Gasteiger partial charge in [0.2, 0.25) is 0 Å². The fourth-order valence-corrected chi connectivity index (χ4v) is 2.72. The summed E-state index contributed by atoms with van der Waals surface area (Å²) in [6.45, 7) is 3.23. The largest absolute Gasteiger partial charge is 0.471 e. The van der Waals surface area contributed by atoms with Crippen LogP contribution in [0.1, 0.15) is 22.6 Å². The highest BCUT2D eigenvalue weighted by Gasteiger charge is 2.09. The topological polar surface area (TPSA) is 74.0 Å². The first-order valence-corrected chi connectivity index (χ1v) is 9.16. The first kappa shape index (κ1) is 19.3. The molecule has 1 amide bonds. The van der Waals surface area contributed by atoms with Crippen LogP contribution >= 0.6 is 23.2 Å². The maximum atomic E-state index is 12.2. The molecule has 142 valence electrons. The lowest BCUT2D eigenvalue weighted by Crippen LogP contribution is -2.26. The first-order chi connectivity index (χ1) is 13.0. The molecule has 0 saturated heterocycles. The lowest BCUT2D eigenvalue weighted by Gasteiger charge is -2.06. The minimum absolute atomic E-state index is 0.188. The van der Waals surface area contributed by atoms with Crippen LogP contribution in [0.2, 0.25) is 10.0 Å². The van der Waals surface area contributed by atoms with Crippen LogP contribution in [-0.4, -0.2) is 32.0 Å². The van der Waals surface area contributed by atoms with Gasteiger partial charge in [0.15, 0.2) is 6.73 Å². The highest BCUT2D eigenvalue weighted by atomic mass is 35.5. The predicted molar refractivity (Wildman–Crippen MR) is 103 cm³/mol. The molecule has 1 aromatic carbocycles. The van der Waals surface area contributed by atoms with Gasteiger partial charge in [-0.2, -0.15) is 10.2 Å². The number of hydrogen-bond acceptors (Lipinski definition) is 4. The van der Waals surface area contributed by atoms with Gasteiger partial charge in [0.25, 0.3) is 5.91 Å². The van der Waals surface area contributed by atoms with E-state index < -0.39 is 0 Å². The Morgan fingerprint density at radius 2 is 2.07 bits per heavy atom. The zero-order valence-electron chi connectivity index (χ0n) is 14.7. The molecule has 0 bridgehead atoms. The summed E-state index contributed by atoms with van der Waals surface area (Å²) in [4.78, 5) is 12.2. The van der Waals surface area contributed by atoms with Crippen LogP contribution in [0.5, 0.6) is 5.75 Å². The molecule has 3 aromatic rings. The van der Waals surface area contributed by atoms with Crippen molar-refractivity contribution in [1.29, 1.82) is 0 Å². The molecule has 0 radical (unpaired) electrons. The summed E-state index contributed by atoms with van der Waals surface area (Å²) in [5.41, 5.74) is 1.13. The number of nitrogens with one attached hydrogen (secondary N) is 1. The van der Waals surface area contributed by atoms with Crippen LogP contribution in [0, 0.1) is 6.92 Å². The number of aryl methyl sites for hydroxylation is 2. The van der Waals surface area contributed by atoms with Crippen LogP contribution in [0.4, 0.5) is 0 Å². The molecule has 1 N–H and O–H groups in total. The zero-order chi connectivity index (χ0) is 19.2. The third-order valence-electron chi connectivity index (χ3n) is 3.77. The number of amides is 1. The molecule has 0 aliphatic heterocycles. The van der Waals surface area contributed by atoms with Crippen LogP contribution < -0.4 is 10.1 Å². The molecule has 0 unspecified atom stereocenters. The highest BCUT2D eigenvalue weighted by molar-refractivity contribution is 6.31. The summed E-state index contributed by atoms with van der Waals surface area (Å²) in [7, 11) is 0. The van der Waals surface area contributed by atoms with E-state index in [-0.39, 0.29) is 12.6 Å². The summed E-state index contributed by atoms with van der Waals surface area (Å²) in [5, 5.41) is 12.6. The van der Waals surface area contributed by atoms with Crippen LogP contribution in [0.25, 0.3) is 0 Å². The summed E-state index contributed by atoms with van der Waals surface area (Å²) in [5.74, 6) is 0.407. The molecular formula is C18H19Cl2N5O2. The standard InChI is InChI=1S/C18H19Cl2N5O2/c1-13-16(20)11-24(22-13)8-3-7-21-18(26)17-6-9-25(23-17)12-27-15-5-2-4-14(19)10-15/h2,4-6,9-11H,3,7-8,12H2,1H3,(H,21,26). The van der Waals surface area contributed by atoms with E-state index in [0.717, 1.165) is 12.1 Å². The Balaban J connectivity index is 1.42. The second-order valence-electron chi connectivity index (χ2n) is 5.91. The minimum Gasteiger partial charge on any atom is -0.471 e. The van der Waals surface area contributed by atoms with Gasteiger partial charge >= 0.3 is 0 Å². The monoisotopic (exact) mass is 407 g/mol. The fourth-order valence-electron chi connectivity index (χ4n) is 2.39. The molecule has 2 heterocycles. The maximum absolute atomic E-state index is 12.2. The molecule has 27 heavy (non-hydrogen) atoms. The Bertz CT molecular complexity index is 903. The third kappa shape index (κ3) is 5.48. The Labute approximate surface area is 166 Å². The summed E-state index contributed by atoms with van der Waals surface area (Å²) >= 11 is 11.9. The van der Waals surface area contributed by atoms with Crippen molar-refractivity contribution in [2.45, 2.75) is 26.6 Å². The Hall–Kier alpha value is -2.51. The maximum Gasteiger partial charge on any atom is 0.271 e. The third-order valence-corrected chi connectivity index (χ3v) is 4.38. The highest BCUT2D eigenvalue weighted by Crippen LogP contribution is 2.17. The van der Waals surface area contributed by atoms with Crippen molar-refractivity contribution in [2.75, 3.05) is 6.54 Å². The molecule has 0 aliphatic rings. The van der Waals surface area contributed by atoms with Gasteiger partial charge in [-0.25, -0.2) is 4.68 Å². The molecular weight excluding hydrogens is 389 g/mol. The van der Waals surface area contributed by atoms with Gasteiger partial charge in [0.05, 0.1) is 10.7 Å². The number of aromatic nitrogens is 4. The van der Waals surface area contributed by atoms with Crippen molar-refractivity contribution in [3.8, 4) is 5.75 Å². The number of ether oxygens (including phenoxy) is 1. The predicted octanol–water partition coefficient (Wildman–Crippen LogP) is 3.55. The summed E-state index contributed by atoms with van der Waals surface area (Å²) < 4.78 is 8.90. The van der Waals surface area contributed by atoms with Crippen molar-refractivity contribution >= 4 is 29.1 Å². The smallest absolute Gasteiger partial charge is 0.271 e. The van der Waals surface area contributed by atoms with E-state index in [4.69, 9.17) is 27.9 Å². The van der Waals surface area contributed by atoms with Crippen LogP contribution in [0.3, 0.4) is 0 Å². The molecule has 0 aliphatic carbocycles. The van der Waals surface area contributed by atoms with Gasteiger partial charge in [0.1, 0.15) is 11.4 Å². The van der Waals surface area contributed by atoms with Crippen molar-refractivity contribution < 1.29 is 9.53 Å². The van der Waals surface area contributed by atoms with Gasteiger partial charge in [-0.1, -0.05) is 29.3 Å². The van der Waals surface area contributed by atoms with Gasteiger partial charge in [-0.3, -0.25) is 9.48 Å². The molecule has 0 spiro atoms. The van der Waals surface area contributed by atoms with Crippen molar-refractivity contribution in [1.82, 2.24) is 24.9 Å². The molecule has 9 heteroatoms. The average molecular weight is 408 g/mol. The second-order valence-corrected chi connectivity index (χ2v) is 6.75. The molecule has 7 nitrogen and oxygen atoms in total. The van der Waals surface area contributed by atoms with E-state index in [0.29, 0.717) is 34.6 Å². The van der Waals surface area contributed by atoms with Crippen molar-refractivity contribution in [2.24, 2.45) is 0 Å². The Morgan fingerprint density at radius 3 is 2.81 bits per heavy atom. The van der Waals surface area contributed by atoms with E-state index in [9.17, 15) is 4.79 Å². The van der Waals surface area contributed by atoms with E-state index in [1.54, 1.807) is 52.1 Å². The molecule has 0 fully saturated rings. The number of carbonyl (C=O) groups excluding carboxylic acids is 1. The normalized spacial score (nSPS) is 10.8. The number of rotatable bonds is 8. The van der Waals surface area contributed by atoms with Gasteiger partial charge in [-0.05, 0) is 37.6 Å². The van der Waals surface area contributed by atoms with E-state index >= 15 is 0 Å². The van der Waals surface area contributed by atoms with Gasteiger partial charge < -0.3 is 10.1 Å². The Kier molecular flexibility index (Phi) is 6.36. The van der Waals surface area contributed by atoms with Crippen molar-refractivity contribution in [3.05, 3.63) is 64.2 Å². The average Bonchev–Trinajstić information content (AvgIpc) is 3.24. The van der Waals surface area contributed by atoms with Crippen LogP contribution in [-0.2, 0) is 13.3 Å². The van der Waals surface area contributed by atoms with E-state index in [2.05, 4.69) is 15.5 Å². The van der Waals surface area contributed by atoms with E-state index in [1.807, 2.05) is 6.92 Å². The van der Waals surface area contributed by atoms with Gasteiger partial charge in [0, 0.05) is 30.5 Å². The number of hydrogen-bond donors (Lipinski definition) is 1. The van der Waals surface area contributed by atoms with Crippen LogP contribution in [0.15, 0.2) is 42.7 Å². The fraction of sp³-hybridized carbons (Fsp3) is 0.278. The second kappa shape index (κ2) is 8.92. The summed E-state index contributed by atoms with van der Waals surface area (Å²) in [6, 6.07) is 8.74. The molecule has 2 aromatic heterocycles. The minimum atomic E-state index is -0.230. The molecule has 0 saturated carbocycles. The lowest BCUT2D eigenvalue weighted by atomic mass is 10.3. The molecule has 3 rings (SSSR count). The summed E-state index contributed by atoms with van der Waals surface area (Å²) in [6.07, 6.45) is 4.20. The Morgan fingerprint density at radius 1 is 1.22 bits per heavy atom. The SMILES string of the molecule is Cc1nn(CCCNC(=O)c2ccn(COc3cccc(Cl)c3)n2)cc1Cl.